The molecule has 0 heterocycles. The van der Waals surface area contributed by atoms with Crippen LogP contribution in [0.3, 0.4) is 0 Å². The monoisotopic (exact) mass is 542 g/mol. The van der Waals surface area contributed by atoms with Crippen LogP contribution in [0.4, 0.5) is 0 Å². The van der Waals surface area contributed by atoms with Crippen molar-refractivity contribution in [2.75, 3.05) is 11.9 Å². The average molecular weight is 544 g/mol. The predicted octanol–water partition coefficient (Wildman–Crippen LogP) is 6.89. The minimum Gasteiger partial charge on any atom is -0.343 e. The van der Waals surface area contributed by atoms with Crippen LogP contribution in [0.15, 0.2) is 0 Å². The second kappa shape index (κ2) is 38.0. The van der Waals surface area contributed by atoms with Crippen LogP contribution in [-0.2, 0) is 14.6 Å². The zero-order valence-electron chi connectivity index (χ0n) is 22.1. The van der Waals surface area contributed by atoms with Gasteiger partial charge in [-0.15, -0.1) is 23.2 Å². The number of unbranched alkanes of at least 4 members (excludes halogenated alkanes) is 18. The summed E-state index contributed by atoms with van der Waals surface area (Å²) in [5.41, 5.74) is 0. The van der Waals surface area contributed by atoms with Crippen LogP contribution in [0.1, 0.15) is 142 Å². The van der Waals surface area contributed by atoms with E-state index in [-0.39, 0.29) is 41.5 Å². The molecule has 0 unspecified atom stereocenters. The molecule has 0 aliphatic rings. The van der Waals surface area contributed by atoms with Crippen LogP contribution >= 0.6 is 23.2 Å². The quantitative estimate of drug-likeness (QED) is 0.0563. The fourth-order valence-corrected chi connectivity index (χ4v) is 3.57. The summed E-state index contributed by atoms with van der Waals surface area (Å²) in [6.45, 7) is 8.43. The topological polar surface area (TPSA) is 63.6 Å². The molecule has 0 amide bonds. The Bertz CT molecular complexity index is 403. The number of halogens is 2. The molecule has 0 spiro atoms. The van der Waals surface area contributed by atoms with Gasteiger partial charge in [0.25, 0.3) is 0 Å². The minimum absolute atomic E-state index is 0. The van der Waals surface area contributed by atoms with Crippen molar-refractivity contribution in [3.05, 3.63) is 6.92 Å². The third-order valence-corrected chi connectivity index (χ3v) is 5.55. The predicted molar refractivity (Wildman–Crippen MR) is 143 cm³/mol. The first-order chi connectivity index (χ1) is 15.4. The van der Waals surface area contributed by atoms with Gasteiger partial charge in [-0.3, -0.25) is 4.55 Å². The minimum atomic E-state index is -4.23. The van der Waals surface area contributed by atoms with E-state index in [1.165, 1.54) is 103 Å². The van der Waals surface area contributed by atoms with Gasteiger partial charge in [-0.05, 0) is 6.42 Å². The number of hydrogen-bond acceptors (Lipinski definition) is 3. The van der Waals surface area contributed by atoms with E-state index >= 15 is 0 Å². The van der Waals surface area contributed by atoms with Crippen molar-refractivity contribution in [2.45, 2.75) is 142 Å². The second-order valence-corrected chi connectivity index (χ2v) is 10.1. The second-order valence-electron chi connectivity index (χ2n) is 8.21. The molecule has 1 N–H and O–H groups in total. The molecular formula is C25H53Cl2NaO4S. The summed E-state index contributed by atoms with van der Waals surface area (Å²) in [5, 5.41) is 0.194. The van der Waals surface area contributed by atoms with Gasteiger partial charge < -0.3 is 6.92 Å². The summed E-state index contributed by atoms with van der Waals surface area (Å²) in [7, 11) is -4.23. The van der Waals surface area contributed by atoms with Gasteiger partial charge in [0, 0.05) is 0 Å². The van der Waals surface area contributed by atoms with E-state index < -0.39 is 10.4 Å². The summed E-state index contributed by atoms with van der Waals surface area (Å²) in [6, 6.07) is 0. The first-order valence-corrected chi connectivity index (χ1v) is 15.4. The van der Waals surface area contributed by atoms with Crippen molar-refractivity contribution in [3.8, 4) is 0 Å². The molecule has 0 radical (unpaired) electrons. The Morgan fingerprint density at radius 2 is 0.909 bits per heavy atom. The largest absolute Gasteiger partial charge is 1.00 e. The van der Waals surface area contributed by atoms with E-state index in [0.29, 0.717) is 6.42 Å². The average Bonchev–Trinajstić information content (AvgIpc) is 2.74. The number of alkyl halides is 2. The van der Waals surface area contributed by atoms with E-state index in [1.54, 1.807) is 0 Å². The first-order valence-electron chi connectivity index (χ1n) is 12.9. The van der Waals surface area contributed by atoms with Crippen LogP contribution in [-0.4, -0.2) is 24.9 Å². The van der Waals surface area contributed by atoms with Gasteiger partial charge in [0.2, 0.25) is 0 Å². The molecule has 0 aromatic heterocycles. The van der Waals surface area contributed by atoms with Crippen LogP contribution in [0, 0.1) is 6.92 Å². The van der Waals surface area contributed by atoms with E-state index in [9.17, 15) is 8.42 Å². The summed E-state index contributed by atoms with van der Waals surface area (Å²) >= 11 is 9.53. The van der Waals surface area contributed by atoms with Crippen LogP contribution in [0.25, 0.3) is 0 Å². The van der Waals surface area contributed by atoms with Crippen molar-refractivity contribution in [1.82, 2.24) is 0 Å². The van der Waals surface area contributed by atoms with Crippen molar-refractivity contribution in [3.63, 3.8) is 0 Å². The number of hydrogen-bond donors (Lipinski definition) is 1. The molecule has 4 nitrogen and oxygen atoms in total. The van der Waals surface area contributed by atoms with Gasteiger partial charge >= 0.3 is 40.0 Å². The van der Waals surface area contributed by atoms with Gasteiger partial charge in [-0.2, -0.15) is 14.8 Å². The summed E-state index contributed by atoms with van der Waals surface area (Å²) in [6.07, 6.45) is 25.7. The van der Waals surface area contributed by atoms with E-state index in [2.05, 4.69) is 25.0 Å². The van der Waals surface area contributed by atoms with Crippen LogP contribution < -0.4 is 29.6 Å². The molecule has 0 saturated heterocycles. The Hall–Kier alpha value is 1.45. The smallest absolute Gasteiger partial charge is 0.343 e. The Balaban J connectivity index is -0.000000231. The zero-order valence-corrected chi connectivity index (χ0v) is 26.4. The maximum absolute atomic E-state index is 10.2. The fourth-order valence-electron chi connectivity index (χ4n) is 3.24. The molecule has 8 heteroatoms. The molecule has 0 bridgehead atoms. The molecule has 0 aromatic carbocycles. The molecular weight excluding hydrogens is 490 g/mol. The molecule has 0 fully saturated rings. The molecule has 0 atom stereocenters. The Kier molecular flexibility index (Phi) is 47.9. The SMILES string of the molecule is CCCCCCCCCCCCOS(=O)(=O)O.ClCCl.[CH2-]CCCCCCCCCCC.[Na+]. The van der Waals surface area contributed by atoms with Crippen molar-refractivity contribution < 1.29 is 46.7 Å². The maximum Gasteiger partial charge on any atom is 1.00 e. The van der Waals surface area contributed by atoms with Crippen molar-refractivity contribution in [1.29, 1.82) is 0 Å². The van der Waals surface area contributed by atoms with E-state index in [1.807, 2.05) is 0 Å². The normalized spacial score (nSPS) is 10.5. The van der Waals surface area contributed by atoms with Gasteiger partial charge in [0.15, 0.2) is 0 Å². The van der Waals surface area contributed by atoms with Gasteiger partial charge in [0.05, 0.1) is 11.9 Å². The Morgan fingerprint density at radius 1 is 0.636 bits per heavy atom. The molecule has 0 aromatic rings. The van der Waals surface area contributed by atoms with E-state index in [0.717, 1.165) is 19.3 Å². The fraction of sp³-hybridized carbons (Fsp3) is 0.960. The third-order valence-electron chi connectivity index (χ3n) is 5.08. The standard InChI is InChI=1S/C12H26O4S.C12H25.CH2Cl2.Na/c1-2-3-4-5-6-7-8-9-10-11-12-16-17(13,14)15;1-3-5-7-9-11-12-10-8-6-4-2;2-1-3;/h2-12H2,1H3,(H,13,14,15);1,3-12H2,2H3;1H2;/q;-1;;+1. The number of rotatable bonds is 21. The third kappa shape index (κ3) is 55.3. The first kappa shape index (κ1) is 41.6. The molecule has 33 heavy (non-hydrogen) atoms. The van der Waals surface area contributed by atoms with Gasteiger partial charge in [0.1, 0.15) is 0 Å². The zero-order chi connectivity index (χ0) is 24.8. The molecule has 0 aliphatic heterocycles. The van der Waals surface area contributed by atoms with Gasteiger partial charge in [-0.25, -0.2) is 4.18 Å². The molecule has 0 aliphatic carbocycles. The maximum atomic E-state index is 10.2. The van der Waals surface area contributed by atoms with Crippen molar-refractivity contribution >= 4 is 33.6 Å². The van der Waals surface area contributed by atoms with E-state index in [4.69, 9.17) is 27.8 Å². The van der Waals surface area contributed by atoms with Crippen LogP contribution in [0.2, 0.25) is 0 Å². The Morgan fingerprint density at radius 3 is 1.18 bits per heavy atom. The molecule has 0 rings (SSSR count). The summed E-state index contributed by atoms with van der Waals surface area (Å²) in [5.74, 6) is 0. The molecule has 198 valence electrons. The summed E-state index contributed by atoms with van der Waals surface area (Å²) < 4.78 is 33.0. The molecule has 0 saturated carbocycles. The van der Waals surface area contributed by atoms with Crippen LogP contribution in [0.5, 0.6) is 0 Å². The summed E-state index contributed by atoms with van der Waals surface area (Å²) in [4.78, 5) is 0. The van der Waals surface area contributed by atoms with Crippen molar-refractivity contribution in [2.24, 2.45) is 0 Å². The Labute approximate surface area is 239 Å². The van der Waals surface area contributed by atoms with Gasteiger partial charge in [-0.1, -0.05) is 129 Å².